The first kappa shape index (κ1) is 12.6. The van der Waals surface area contributed by atoms with Crippen molar-refractivity contribution in [2.24, 2.45) is 5.73 Å². The predicted molar refractivity (Wildman–Crippen MR) is 67.9 cm³/mol. The zero-order valence-electron chi connectivity index (χ0n) is 8.60. The molecule has 2 nitrogen and oxygen atoms in total. The Morgan fingerprint density at radius 3 is 2.60 bits per heavy atom. The Hall–Kier alpha value is -0.440. The molecule has 0 amide bonds. The fraction of sp³-hybridized carbons (Fsp3) is 0.455. The number of rotatable bonds is 6. The highest BCUT2D eigenvalue weighted by Gasteiger charge is 1.99. The van der Waals surface area contributed by atoms with Gasteiger partial charge in [0.1, 0.15) is 0 Å². The molecule has 0 aliphatic heterocycles. The maximum Gasteiger partial charge on any atom is 0.0652 e. The number of benzene rings is 1. The summed E-state index contributed by atoms with van der Waals surface area (Å²) in [5, 5.41) is 4.60. The van der Waals surface area contributed by atoms with Gasteiger partial charge in [0.2, 0.25) is 0 Å². The summed E-state index contributed by atoms with van der Waals surface area (Å²) in [5.41, 5.74) is 6.35. The molecule has 3 N–H and O–H groups in total. The molecule has 0 aromatic heterocycles. The van der Waals surface area contributed by atoms with Crippen LogP contribution in [0.15, 0.2) is 18.2 Å². The van der Waals surface area contributed by atoms with Gasteiger partial charge in [-0.15, -0.1) is 0 Å². The van der Waals surface area contributed by atoms with Crippen LogP contribution in [0.1, 0.15) is 19.3 Å². The van der Waals surface area contributed by atoms with Gasteiger partial charge in [0.15, 0.2) is 0 Å². The molecule has 0 saturated carbocycles. The summed E-state index contributed by atoms with van der Waals surface area (Å²) in [6, 6.07) is 5.47. The number of nitrogens with two attached hydrogens (primary N) is 1. The second-order valence-electron chi connectivity index (χ2n) is 3.40. The number of halogens is 2. The lowest BCUT2D eigenvalue weighted by atomic mass is 10.2. The zero-order chi connectivity index (χ0) is 11.1. The quantitative estimate of drug-likeness (QED) is 0.754. The lowest BCUT2D eigenvalue weighted by Gasteiger charge is -2.08. The maximum absolute atomic E-state index is 6.00. The molecule has 0 aliphatic rings. The molecule has 0 spiro atoms. The van der Waals surface area contributed by atoms with Crippen LogP contribution in [0.2, 0.25) is 10.0 Å². The summed E-state index contributed by atoms with van der Waals surface area (Å²) >= 11 is 11.8. The molecule has 1 aromatic rings. The van der Waals surface area contributed by atoms with E-state index in [4.69, 9.17) is 28.9 Å². The topological polar surface area (TPSA) is 38.0 Å². The summed E-state index contributed by atoms with van der Waals surface area (Å²) in [5.74, 6) is 0. The molecule has 0 aliphatic carbocycles. The smallest absolute Gasteiger partial charge is 0.0652 e. The van der Waals surface area contributed by atoms with Gasteiger partial charge in [0.05, 0.1) is 10.7 Å². The van der Waals surface area contributed by atoms with Crippen LogP contribution in [0, 0.1) is 0 Å². The van der Waals surface area contributed by atoms with Crippen LogP contribution in [0.4, 0.5) is 5.69 Å². The molecule has 0 bridgehead atoms. The lowest BCUT2D eigenvalue weighted by Crippen LogP contribution is -2.04. The number of unbranched alkanes of at least 4 members (excludes halogenated alkanes) is 2. The van der Waals surface area contributed by atoms with Gasteiger partial charge in [-0.25, -0.2) is 0 Å². The normalized spacial score (nSPS) is 10.3. The number of hydrogen-bond donors (Lipinski definition) is 2. The van der Waals surface area contributed by atoms with Crippen molar-refractivity contribution < 1.29 is 0 Å². The highest BCUT2D eigenvalue weighted by molar-refractivity contribution is 6.36. The maximum atomic E-state index is 6.00. The Morgan fingerprint density at radius 1 is 1.13 bits per heavy atom. The third kappa shape index (κ3) is 4.74. The minimum Gasteiger partial charge on any atom is -0.384 e. The van der Waals surface area contributed by atoms with Gasteiger partial charge in [-0.2, -0.15) is 0 Å². The van der Waals surface area contributed by atoms with E-state index in [1.165, 1.54) is 0 Å². The van der Waals surface area contributed by atoms with Crippen molar-refractivity contribution in [3.8, 4) is 0 Å². The van der Waals surface area contributed by atoms with Crippen molar-refractivity contribution >= 4 is 28.9 Å². The second kappa shape index (κ2) is 6.94. The third-order valence-corrected chi connectivity index (χ3v) is 2.68. The van der Waals surface area contributed by atoms with E-state index in [1.807, 2.05) is 12.1 Å². The van der Waals surface area contributed by atoms with Crippen LogP contribution < -0.4 is 11.1 Å². The molecule has 4 heteroatoms. The monoisotopic (exact) mass is 246 g/mol. The van der Waals surface area contributed by atoms with Crippen molar-refractivity contribution in [3.63, 3.8) is 0 Å². The minimum atomic E-state index is 0.661. The predicted octanol–water partition coefficient (Wildman–Crippen LogP) is 3.53. The van der Waals surface area contributed by atoms with E-state index in [-0.39, 0.29) is 0 Å². The Labute approximate surface area is 101 Å². The zero-order valence-corrected chi connectivity index (χ0v) is 10.1. The number of nitrogens with one attached hydrogen (secondary N) is 1. The lowest BCUT2D eigenvalue weighted by molar-refractivity contribution is 0.707. The van der Waals surface area contributed by atoms with E-state index in [1.54, 1.807) is 6.07 Å². The fourth-order valence-corrected chi connectivity index (χ4v) is 1.78. The van der Waals surface area contributed by atoms with Gasteiger partial charge in [0.25, 0.3) is 0 Å². The molecular weight excluding hydrogens is 231 g/mol. The molecule has 15 heavy (non-hydrogen) atoms. The first-order valence-electron chi connectivity index (χ1n) is 5.13. The molecular formula is C11H16Cl2N2. The second-order valence-corrected chi connectivity index (χ2v) is 4.24. The van der Waals surface area contributed by atoms with Crippen LogP contribution in [0.25, 0.3) is 0 Å². The summed E-state index contributed by atoms with van der Waals surface area (Å²) < 4.78 is 0. The fourth-order valence-electron chi connectivity index (χ4n) is 1.30. The van der Waals surface area contributed by atoms with Crippen molar-refractivity contribution in [3.05, 3.63) is 28.2 Å². The number of hydrogen-bond acceptors (Lipinski definition) is 2. The summed E-state index contributed by atoms with van der Waals surface area (Å²) in [7, 11) is 0. The van der Waals surface area contributed by atoms with Gasteiger partial charge in [-0.05, 0) is 37.6 Å². The molecule has 0 unspecified atom stereocenters. The van der Waals surface area contributed by atoms with Crippen LogP contribution in [0.5, 0.6) is 0 Å². The van der Waals surface area contributed by atoms with E-state index in [0.717, 1.165) is 38.0 Å². The van der Waals surface area contributed by atoms with Gasteiger partial charge in [-0.3, -0.25) is 0 Å². The van der Waals surface area contributed by atoms with Gasteiger partial charge < -0.3 is 11.1 Å². The van der Waals surface area contributed by atoms with E-state index in [9.17, 15) is 0 Å². The first-order valence-corrected chi connectivity index (χ1v) is 5.88. The Morgan fingerprint density at radius 2 is 1.93 bits per heavy atom. The SMILES string of the molecule is NCCCCCNc1ccc(Cl)cc1Cl. The highest BCUT2D eigenvalue weighted by Crippen LogP contribution is 2.25. The van der Waals surface area contributed by atoms with Crippen LogP contribution in [-0.2, 0) is 0 Å². The molecule has 0 radical (unpaired) electrons. The van der Waals surface area contributed by atoms with Gasteiger partial charge >= 0.3 is 0 Å². The third-order valence-electron chi connectivity index (χ3n) is 2.13. The standard InChI is InChI=1S/C11H16Cl2N2/c12-9-4-5-11(10(13)8-9)15-7-3-1-2-6-14/h4-5,8,15H,1-3,6-7,14H2. The Bertz CT molecular complexity index is 303. The molecule has 0 fully saturated rings. The summed E-state index contributed by atoms with van der Waals surface area (Å²) in [4.78, 5) is 0. The highest BCUT2D eigenvalue weighted by atomic mass is 35.5. The van der Waals surface area contributed by atoms with Crippen LogP contribution in [-0.4, -0.2) is 13.1 Å². The van der Waals surface area contributed by atoms with Gasteiger partial charge in [-0.1, -0.05) is 29.6 Å². The molecule has 1 aromatic carbocycles. The molecule has 0 saturated heterocycles. The number of anilines is 1. The first-order chi connectivity index (χ1) is 7.24. The molecule has 0 atom stereocenters. The van der Waals surface area contributed by atoms with Gasteiger partial charge in [0, 0.05) is 11.6 Å². The summed E-state index contributed by atoms with van der Waals surface area (Å²) in [6.45, 7) is 1.68. The van der Waals surface area contributed by atoms with Crippen LogP contribution >= 0.6 is 23.2 Å². The van der Waals surface area contributed by atoms with Crippen LogP contribution in [0.3, 0.4) is 0 Å². The summed E-state index contributed by atoms with van der Waals surface area (Å²) in [6.07, 6.45) is 3.33. The largest absolute Gasteiger partial charge is 0.384 e. The van der Waals surface area contributed by atoms with Crippen molar-refractivity contribution in [2.75, 3.05) is 18.4 Å². The van der Waals surface area contributed by atoms with E-state index in [2.05, 4.69) is 5.32 Å². The minimum absolute atomic E-state index is 0.661. The Kier molecular flexibility index (Phi) is 5.84. The van der Waals surface area contributed by atoms with E-state index in [0.29, 0.717) is 10.0 Å². The van der Waals surface area contributed by atoms with Crippen molar-refractivity contribution in [2.45, 2.75) is 19.3 Å². The van der Waals surface area contributed by atoms with Crippen molar-refractivity contribution in [1.29, 1.82) is 0 Å². The van der Waals surface area contributed by atoms with Crippen molar-refractivity contribution in [1.82, 2.24) is 0 Å². The van der Waals surface area contributed by atoms with E-state index < -0.39 is 0 Å². The molecule has 1 rings (SSSR count). The molecule has 84 valence electrons. The van der Waals surface area contributed by atoms with E-state index >= 15 is 0 Å². The Balaban J connectivity index is 2.31. The average Bonchev–Trinajstić information content (AvgIpc) is 2.20. The average molecular weight is 247 g/mol. The molecule has 0 heterocycles.